The second kappa shape index (κ2) is 7.95. The Hall–Kier alpha value is -3.73. The molecule has 0 aliphatic heterocycles. The number of rotatable bonds is 6. The predicted molar refractivity (Wildman–Crippen MR) is 120 cm³/mol. The number of furan rings is 1. The van der Waals surface area contributed by atoms with Gasteiger partial charge in [-0.3, -0.25) is 4.79 Å². The molecule has 30 heavy (non-hydrogen) atoms. The van der Waals surface area contributed by atoms with Crippen molar-refractivity contribution in [3.8, 4) is 5.75 Å². The Morgan fingerprint density at radius 2 is 1.60 bits per heavy atom. The van der Waals surface area contributed by atoms with Gasteiger partial charge in [-0.15, -0.1) is 0 Å². The third-order valence-electron chi connectivity index (χ3n) is 5.35. The standard InChI is InChI=1S/C25H24N2O3/c1-2-21-23(24(28)17-13-19(26)25(29)20(27)14-17)18-11-10-16(12-22(18)30-21)9-8-15-6-4-3-5-7-15/h3-7,10-14,29H,2,8-9,26-27H2,1H3. The second-order valence-electron chi connectivity index (χ2n) is 7.40. The van der Waals surface area contributed by atoms with Crippen LogP contribution in [0.1, 0.15) is 39.7 Å². The molecule has 4 rings (SSSR count). The number of ketones is 1. The minimum atomic E-state index is -0.221. The van der Waals surface area contributed by atoms with E-state index < -0.39 is 0 Å². The third-order valence-corrected chi connectivity index (χ3v) is 5.35. The van der Waals surface area contributed by atoms with Crippen LogP contribution in [0.15, 0.2) is 65.1 Å². The van der Waals surface area contributed by atoms with Crippen LogP contribution in [-0.2, 0) is 19.3 Å². The van der Waals surface area contributed by atoms with Gasteiger partial charge in [-0.2, -0.15) is 0 Å². The number of aromatic hydroxyl groups is 1. The van der Waals surface area contributed by atoms with Crippen molar-refractivity contribution in [1.82, 2.24) is 0 Å². The van der Waals surface area contributed by atoms with E-state index in [1.54, 1.807) is 0 Å². The number of phenols is 1. The number of carbonyl (C=O) groups excluding carboxylic acids is 1. The van der Waals surface area contributed by atoms with E-state index in [-0.39, 0.29) is 22.9 Å². The smallest absolute Gasteiger partial charge is 0.197 e. The largest absolute Gasteiger partial charge is 0.504 e. The summed E-state index contributed by atoms with van der Waals surface area (Å²) in [6, 6.07) is 19.2. The number of nitrogens with two attached hydrogens (primary N) is 2. The lowest BCUT2D eigenvalue weighted by Crippen LogP contribution is -2.06. The van der Waals surface area contributed by atoms with E-state index >= 15 is 0 Å². The van der Waals surface area contributed by atoms with Crippen molar-refractivity contribution in [3.63, 3.8) is 0 Å². The van der Waals surface area contributed by atoms with Crippen molar-refractivity contribution in [2.24, 2.45) is 0 Å². The molecule has 5 heteroatoms. The number of carbonyl (C=O) groups is 1. The van der Waals surface area contributed by atoms with Gasteiger partial charge in [0, 0.05) is 17.4 Å². The summed E-state index contributed by atoms with van der Waals surface area (Å²) in [5.74, 6) is 0.198. The fourth-order valence-electron chi connectivity index (χ4n) is 3.73. The number of hydrogen-bond acceptors (Lipinski definition) is 5. The van der Waals surface area contributed by atoms with Crippen LogP contribution < -0.4 is 11.5 Å². The molecule has 4 aromatic rings. The van der Waals surface area contributed by atoms with Crippen LogP contribution in [0.4, 0.5) is 11.4 Å². The first-order chi connectivity index (χ1) is 14.5. The highest BCUT2D eigenvalue weighted by Crippen LogP contribution is 2.33. The average Bonchev–Trinajstić information content (AvgIpc) is 3.13. The van der Waals surface area contributed by atoms with Crippen molar-refractivity contribution >= 4 is 28.1 Å². The van der Waals surface area contributed by atoms with Gasteiger partial charge in [0.1, 0.15) is 11.3 Å². The summed E-state index contributed by atoms with van der Waals surface area (Å²) in [5.41, 5.74) is 15.7. The average molecular weight is 400 g/mol. The number of nitrogen functional groups attached to an aromatic ring is 2. The Labute approximate surface area is 174 Å². The second-order valence-corrected chi connectivity index (χ2v) is 7.40. The minimum absolute atomic E-state index is 0.0763. The molecule has 0 fully saturated rings. The van der Waals surface area contributed by atoms with Gasteiger partial charge in [0.15, 0.2) is 11.5 Å². The lowest BCUT2D eigenvalue weighted by Gasteiger charge is -2.07. The van der Waals surface area contributed by atoms with Crippen LogP contribution >= 0.6 is 0 Å². The monoisotopic (exact) mass is 400 g/mol. The lowest BCUT2D eigenvalue weighted by molar-refractivity contribution is 0.103. The molecule has 1 aromatic heterocycles. The molecule has 0 saturated heterocycles. The first-order valence-corrected chi connectivity index (χ1v) is 9.98. The van der Waals surface area contributed by atoms with E-state index in [2.05, 4.69) is 12.1 Å². The maximum atomic E-state index is 13.3. The van der Waals surface area contributed by atoms with Crippen molar-refractivity contribution in [3.05, 3.63) is 88.7 Å². The summed E-state index contributed by atoms with van der Waals surface area (Å²) < 4.78 is 6.04. The molecule has 0 unspecified atom stereocenters. The fraction of sp³-hybridized carbons (Fsp3) is 0.160. The molecule has 0 atom stereocenters. The summed E-state index contributed by atoms with van der Waals surface area (Å²) in [6.45, 7) is 1.95. The van der Waals surface area contributed by atoms with Gasteiger partial charge < -0.3 is 21.0 Å². The first kappa shape index (κ1) is 19.6. The van der Waals surface area contributed by atoms with Crippen LogP contribution in [0.5, 0.6) is 5.75 Å². The molecular weight excluding hydrogens is 376 g/mol. The number of aryl methyl sites for hydroxylation is 3. The minimum Gasteiger partial charge on any atom is -0.504 e. The zero-order valence-corrected chi connectivity index (χ0v) is 16.8. The third kappa shape index (κ3) is 3.62. The Bertz CT molecular complexity index is 1200. The molecular formula is C25H24N2O3. The zero-order chi connectivity index (χ0) is 21.3. The maximum Gasteiger partial charge on any atom is 0.197 e. The summed E-state index contributed by atoms with van der Waals surface area (Å²) in [6.07, 6.45) is 2.40. The Balaban J connectivity index is 1.69. The van der Waals surface area contributed by atoms with Gasteiger partial charge in [-0.05, 0) is 42.2 Å². The summed E-state index contributed by atoms with van der Waals surface area (Å²) in [5, 5.41) is 10.6. The highest BCUT2D eigenvalue weighted by Gasteiger charge is 2.22. The van der Waals surface area contributed by atoms with Crippen LogP contribution in [0.3, 0.4) is 0 Å². The fourth-order valence-corrected chi connectivity index (χ4v) is 3.73. The molecule has 5 nitrogen and oxygen atoms in total. The quantitative estimate of drug-likeness (QED) is 0.243. The van der Waals surface area contributed by atoms with Gasteiger partial charge in [0.25, 0.3) is 0 Å². The van der Waals surface area contributed by atoms with E-state index in [9.17, 15) is 9.90 Å². The number of hydrogen-bond donors (Lipinski definition) is 3. The molecule has 152 valence electrons. The summed E-state index contributed by atoms with van der Waals surface area (Å²) in [4.78, 5) is 13.3. The van der Waals surface area contributed by atoms with E-state index in [1.807, 2.05) is 43.3 Å². The highest BCUT2D eigenvalue weighted by atomic mass is 16.3. The maximum absolute atomic E-state index is 13.3. The molecule has 5 N–H and O–H groups in total. The van der Waals surface area contributed by atoms with Gasteiger partial charge in [-0.1, -0.05) is 49.4 Å². The van der Waals surface area contributed by atoms with Crippen molar-refractivity contribution < 1.29 is 14.3 Å². The topological polar surface area (TPSA) is 102 Å². The van der Waals surface area contributed by atoms with E-state index in [1.165, 1.54) is 17.7 Å². The molecule has 0 aliphatic carbocycles. The number of benzene rings is 3. The zero-order valence-electron chi connectivity index (χ0n) is 16.8. The van der Waals surface area contributed by atoms with Crippen molar-refractivity contribution in [2.75, 3.05) is 11.5 Å². The van der Waals surface area contributed by atoms with Gasteiger partial charge in [-0.25, -0.2) is 0 Å². The van der Waals surface area contributed by atoms with E-state index in [0.717, 1.165) is 23.8 Å². The molecule has 0 radical (unpaired) electrons. The molecule has 0 spiro atoms. The lowest BCUT2D eigenvalue weighted by atomic mass is 9.97. The molecule has 3 aromatic carbocycles. The van der Waals surface area contributed by atoms with Crippen LogP contribution in [0, 0.1) is 0 Å². The highest BCUT2D eigenvalue weighted by molar-refractivity contribution is 6.17. The Morgan fingerprint density at radius 3 is 2.27 bits per heavy atom. The number of fused-ring (bicyclic) bond motifs is 1. The van der Waals surface area contributed by atoms with Crippen LogP contribution in [0.25, 0.3) is 11.0 Å². The Morgan fingerprint density at radius 1 is 0.933 bits per heavy atom. The Kier molecular flexibility index (Phi) is 5.19. The van der Waals surface area contributed by atoms with Gasteiger partial charge in [0.2, 0.25) is 0 Å². The van der Waals surface area contributed by atoms with Gasteiger partial charge in [0.05, 0.1) is 16.9 Å². The van der Waals surface area contributed by atoms with Crippen molar-refractivity contribution in [1.29, 1.82) is 0 Å². The first-order valence-electron chi connectivity index (χ1n) is 9.98. The van der Waals surface area contributed by atoms with Gasteiger partial charge >= 0.3 is 0 Å². The number of anilines is 2. The molecule has 0 amide bonds. The normalized spacial score (nSPS) is 11.1. The SMILES string of the molecule is CCc1oc2cc(CCc3ccccc3)ccc2c1C(=O)c1cc(N)c(O)c(N)c1. The molecule has 1 heterocycles. The van der Waals surface area contributed by atoms with E-state index in [4.69, 9.17) is 15.9 Å². The van der Waals surface area contributed by atoms with E-state index in [0.29, 0.717) is 28.9 Å². The molecule has 0 aliphatic rings. The molecule has 0 saturated carbocycles. The number of phenolic OH excluding ortho intramolecular Hbond substituents is 1. The predicted octanol–water partition coefficient (Wildman–Crippen LogP) is 4.88. The summed E-state index contributed by atoms with van der Waals surface area (Å²) in [7, 11) is 0. The molecule has 0 bridgehead atoms. The van der Waals surface area contributed by atoms with Crippen LogP contribution in [-0.4, -0.2) is 10.9 Å². The van der Waals surface area contributed by atoms with Crippen LogP contribution in [0.2, 0.25) is 0 Å². The van der Waals surface area contributed by atoms with Crippen molar-refractivity contribution in [2.45, 2.75) is 26.2 Å². The summed E-state index contributed by atoms with van der Waals surface area (Å²) >= 11 is 0.